The molecule has 1 rings (SSSR count). The summed E-state index contributed by atoms with van der Waals surface area (Å²) in [6.07, 6.45) is -0.692. The summed E-state index contributed by atoms with van der Waals surface area (Å²) in [5.41, 5.74) is 0.0170. The lowest BCUT2D eigenvalue weighted by molar-refractivity contribution is -0.385. The van der Waals surface area contributed by atoms with Gasteiger partial charge in [-0.25, -0.2) is 4.79 Å². The molecule has 0 spiro atoms. The lowest BCUT2D eigenvalue weighted by atomic mass is 10.0. The molecule has 0 saturated carbocycles. The van der Waals surface area contributed by atoms with Crippen molar-refractivity contribution in [1.82, 2.24) is 5.32 Å². The van der Waals surface area contributed by atoms with Crippen molar-refractivity contribution < 1.29 is 24.7 Å². The van der Waals surface area contributed by atoms with Crippen LogP contribution in [0, 0.1) is 10.1 Å². The molecule has 0 bridgehead atoms. The molecule has 0 aliphatic carbocycles. The monoisotopic (exact) mass is 270 g/mol. The summed E-state index contributed by atoms with van der Waals surface area (Å²) in [6.45, 7) is -0.396. The largest absolute Gasteiger partial charge is 0.508 e. The average molecular weight is 270 g/mol. The molecule has 0 fully saturated rings. The number of benzene rings is 1. The number of nitrogens with one attached hydrogen (secondary N) is 1. The molecule has 19 heavy (non-hydrogen) atoms. The molecule has 104 valence electrons. The summed E-state index contributed by atoms with van der Waals surface area (Å²) in [6, 6.07) is 2.97. The van der Waals surface area contributed by atoms with E-state index in [2.05, 4.69) is 10.1 Å². The van der Waals surface area contributed by atoms with Crippen molar-refractivity contribution in [3.8, 4) is 5.75 Å². The Morgan fingerprint density at radius 3 is 2.79 bits per heavy atom. The smallest absolute Gasteiger partial charge is 0.407 e. The van der Waals surface area contributed by atoms with E-state index in [-0.39, 0.29) is 17.9 Å². The molecular weight excluding hydrogens is 256 g/mol. The molecule has 0 aliphatic heterocycles. The number of aliphatic hydroxyl groups excluding tert-OH is 1. The molecule has 3 N–H and O–H groups in total. The minimum atomic E-state index is -0.736. The van der Waals surface area contributed by atoms with Crippen molar-refractivity contribution in [3.05, 3.63) is 33.9 Å². The Morgan fingerprint density at radius 1 is 1.58 bits per heavy atom. The maximum absolute atomic E-state index is 11.0. The fourth-order valence-electron chi connectivity index (χ4n) is 1.55. The molecule has 0 heterocycles. The first-order chi connectivity index (χ1) is 8.97. The topological polar surface area (TPSA) is 122 Å². The quantitative estimate of drug-likeness (QED) is 0.530. The van der Waals surface area contributed by atoms with Gasteiger partial charge in [0.15, 0.2) is 0 Å². The number of ether oxygens (including phenoxy) is 1. The van der Waals surface area contributed by atoms with Gasteiger partial charge in [0.05, 0.1) is 30.7 Å². The second kappa shape index (κ2) is 6.55. The van der Waals surface area contributed by atoms with Crippen LogP contribution in [0.4, 0.5) is 10.5 Å². The molecule has 8 heteroatoms. The van der Waals surface area contributed by atoms with Crippen molar-refractivity contribution in [2.45, 2.75) is 12.5 Å². The number of phenols is 1. The van der Waals surface area contributed by atoms with E-state index in [9.17, 15) is 20.0 Å². The summed E-state index contributed by atoms with van der Waals surface area (Å²) in [7, 11) is 1.17. The number of carbonyl (C=O) groups excluding carboxylic acids is 1. The maximum Gasteiger partial charge on any atom is 0.407 e. The number of carbonyl (C=O) groups is 1. The Hall–Kier alpha value is -2.35. The van der Waals surface area contributed by atoms with Crippen LogP contribution in [0.15, 0.2) is 18.2 Å². The lowest BCUT2D eigenvalue weighted by Crippen LogP contribution is -2.39. The first-order valence-corrected chi connectivity index (χ1v) is 5.39. The predicted octanol–water partition coefficient (Wildman–Crippen LogP) is 0.560. The molecule has 1 aromatic carbocycles. The van der Waals surface area contributed by atoms with Crippen LogP contribution in [0.3, 0.4) is 0 Å². The van der Waals surface area contributed by atoms with Gasteiger partial charge in [0.25, 0.3) is 5.69 Å². The minimum absolute atomic E-state index is 0.0438. The Kier molecular flexibility index (Phi) is 5.07. The number of nitro groups is 1. The van der Waals surface area contributed by atoms with Gasteiger partial charge in [-0.3, -0.25) is 10.1 Å². The lowest BCUT2D eigenvalue weighted by Gasteiger charge is -2.15. The molecule has 0 radical (unpaired) electrons. The number of phenolic OH excluding ortho intramolecular Hbond substituents is 1. The van der Waals surface area contributed by atoms with Crippen LogP contribution in [-0.4, -0.2) is 41.0 Å². The minimum Gasteiger partial charge on any atom is -0.508 e. The van der Waals surface area contributed by atoms with Crippen LogP contribution in [0.2, 0.25) is 0 Å². The van der Waals surface area contributed by atoms with E-state index in [1.807, 2.05) is 0 Å². The third-order valence-electron chi connectivity index (χ3n) is 2.46. The van der Waals surface area contributed by atoms with Gasteiger partial charge in [-0.1, -0.05) is 0 Å². The van der Waals surface area contributed by atoms with Crippen molar-refractivity contribution >= 4 is 11.8 Å². The number of methoxy groups -OCH3 is 1. The number of aromatic hydroxyl groups is 1. The van der Waals surface area contributed by atoms with E-state index in [4.69, 9.17) is 5.11 Å². The van der Waals surface area contributed by atoms with Gasteiger partial charge < -0.3 is 20.3 Å². The number of hydrogen-bond acceptors (Lipinski definition) is 6. The van der Waals surface area contributed by atoms with Crippen molar-refractivity contribution in [2.24, 2.45) is 0 Å². The number of rotatable bonds is 5. The van der Waals surface area contributed by atoms with Gasteiger partial charge in [0.2, 0.25) is 0 Å². The predicted molar refractivity (Wildman–Crippen MR) is 64.9 cm³/mol. The molecule has 8 nitrogen and oxygen atoms in total. The normalized spacial score (nSPS) is 11.7. The first kappa shape index (κ1) is 14.7. The van der Waals surface area contributed by atoms with E-state index in [0.29, 0.717) is 5.56 Å². The van der Waals surface area contributed by atoms with Crippen LogP contribution in [-0.2, 0) is 11.2 Å². The molecular formula is C11H14N2O6. The Labute approximate surface area is 108 Å². The van der Waals surface area contributed by atoms with Crippen LogP contribution in [0.1, 0.15) is 5.56 Å². The van der Waals surface area contributed by atoms with Crippen molar-refractivity contribution in [1.29, 1.82) is 0 Å². The van der Waals surface area contributed by atoms with Crippen molar-refractivity contribution in [3.63, 3.8) is 0 Å². The third kappa shape index (κ3) is 4.11. The van der Waals surface area contributed by atoms with Gasteiger partial charge in [0.1, 0.15) is 5.75 Å². The maximum atomic E-state index is 11.0. The highest BCUT2D eigenvalue weighted by Crippen LogP contribution is 2.24. The van der Waals surface area contributed by atoms with Gasteiger partial charge in [-0.15, -0.1) is 0 Å². The number of alkyl carbamates (subject to hydrolysis) is 1. The Balaban J connectivity index is 2.90. The summed E-state index contributed by atoms with van der Waals surface area (Å²) in [5, 5.41) is 31.5. The highest BCUT2D eigenvalue weighted by molar-refractivity contribution is 5.67. The fourth-order valence-corrected chi connectivity index (χ4v) is 1.55. The number of nitrogens with zero attached hydrogens (tertiary/aromatic N) is 1. The zero-order valence-corrected chi connectivity index (χ0v) is 10.2. The zero-order chi connectivity index (χ0) is 14.4. The second-order valence-electron chi connectivity index (χ2n) is 3.79. The molecule has 0 aromatic heterocycles. The summed E-state index contributed by atoms with van der Waals surface area (Å²) < 4.78 is 4.38. The van der Waals surface area contributed by atoms with Crippen LogP contribution < -0.4 is 5.32 Å². The summed E-state index contributed by atoms with van der Waals surface area (Å²) in [5.74, 6) is -0.225. The zero-order valence-electron chi connectivity index (χ0n) is 10.2. The highest BCUT2D eigenvalue weighted by atomic mass is 16.6. The molecule has 0 unspecified atom stereocenters. The van der Waals surface area contributed by atoms with Crippen LogP contribution in [0.25, 0.3) is 0 Å². The number of nitro benzene ring substituents is 1. The second-order valence-corrected chi connectivity index (χ2v) is 3.79. The van der Waals surface area contributed by atoms with E-state index in [0.717, 1.165) is 6.07 Å². The van der Waals surface area contributed by atoms with Crippen molar-refractivity contribution in [2.75, 3.05) is 13.7 Å². The average Bonchev–Trinajstić information content (AvgIpc) is 2.39. The third-order valence-corrected chi connectivity index (χ3v) is 2.46. The van der Waals surface area contributed by atoms with Gasteiger partial charge >= 0.3 is 6.09 Å². The van der Waals surface area contributed by atoms with E-state index in [1.165, 1.54) is 19.2 Å². The molecule has 0 saturated heterocycles. The van der Waals surface area contributed by atoms with E-state index >= 15 is 0 Å². The van der Waals surface area contributed by atoms with E-state index in [1.54, 1.807) is 0 Å². The molecule has 0 aliphatic rings. The SMILES string of the molecule is COC(=O)N[C@H](CO)Cc1ccc(O)cc1[N+](=O)[O-]. The number of aliphatic hydroxyl groups is 1. The van der Waals surface area contributed by atoms with Crippen LogP contribution >= 0.6 is 0 Å². The van der Waals surface area contributed by atoms with Gasteiger partial charge in [-0.05, 0) is 12.1 Å². The molecule has 1 aromatic rings. The number of amides is 1. The van der Waals surface area contributed by atoms with E-state index < -0.39 is 23.7 Å². The Morgan fingerprint density at radius 2 is 2.26 bits per heavy atom. The van der Waals surface area contributed by atoms with Gasteiger partial charge in [-0.2, -0.15) is 0 Å². The molecule has 1 atom stereocenters. The van der Waals surface area contributed by atoms with Crippen LogP contribution in [0.5, 0.6) is 5.75 Å². The standard InChI is InChI=1S/C11H14N2O6/c1-19-11(16)12-8(6-14)4-7-2-3-9(15)5-10(7)13(17)18/h2-3,5,8,14-15H,4,6H2,1H3,(H,12,16)/t8-/m0/s1. The fraction of sp³-hybridized carbons (Fsp3) is 0.364. The molecule has 1 amide bonds. The first-order valence-electron chi connectivity index (χ1n) is 5.39. The number of hydrogen-bond donors (Lipinski definition) is 3. The highest BCUT2D eigenvalue weighted by Gasteiger charge is 2.19. The summed E-state index contributed by atoms with van der Waals surface area (Å²) >= 11 is 0. The Bertz CT molecular complexity index is 476. The van der Waals surface area contributed by atoms with Gasteiger partial charge in [0, 0.05) is 12.0 Å². The summed E-state index contributed by atoms with van der Waals surface area (Å²) in [4.78, 5) is 21.2.